The maximum absolute atomic E-state index is 11.0. The van der Waals surface area contributed by atoms with E-state index in [0.717, 1.165) is 12.0 Å². The molecule has 0 heterocycles. The predicted octanol–water partition coefficient (Wildman–Crippen LogP) is 0.806. The third-order valence-electron chi connectivity index (χ3n) is 1.41. The number of hydrogen-bond acceptors (Lipinski definition) is 2. The third kappa shape index (κ3) is 7.28. The van der Waals surface area contributed by atoms with Gasteiger partial charge in [-0.2, -0.15) is 0 Å². The lowest BCUT2D eigenvalue weighted by Crippen LogP contribution is -2.26. The van der Waals surface area contributed by atoms with E-state index in [9.17, 15) is 4.79 Å². The fourth-order valence-electron chi connectivity index (χ4n) is 0.697. The van der Waals surface area contributed by atoms with E-state index in [4.69, 9.17) is 5.73 Å². The summed E-state index contributed by atoms with van der Waals surface area (Å²) in [6.07, 6.45) is 1.24. The Balaban J connectivity index is 3.40. The SMILES string of the molecule is C=C(C)CNC(=O)CCC(C)N. The molecule has 0 saturated carbocycles. The van der Waals surface area contributed by atoms with Gasteiger partial charge in [0.15, 0.2) is 0 Å². The standard InChI is InChI=1S/C9H18N2O/c1-7(2)6-11-9(12)5-4-8(3)10/h8H,1,4-6,10H2,2-3H3,(H,11,12). The minimum atomic E-state index is 0.0512. The van der Waals surface area contributed by atoms with Gasteiger partial charge in [-0.1, -0.05) is 12.2 Å². The molecule has 0 aromatic heterocycles. The first-order valence-electron chi connectivity index (χ1n) is 4.19. The first-order valence-corrected chi connectivity index (χ1v) is 4.19. The van der Waals surface area contributed by atoms with E-state index in [2.05, 4.69) is 11.9 Å². The van der Waals surface area contributed by atoms with Gasteiger partial charge in [-0.3, -0.25) is 4.79 Å². The number of nitrogens with one attached hydrogen (secondary N) is 1. The Morgan fingerprint density at radius 3 is 2.67 bits per heavy atom. The number of hydrogen-bond donors (Lipinski definition) is 2. The summed E-state index contributed by atoms with van der Waals surface area (Å²) in [5, 5.41) is 2.74. The second-order valence-electron chi connectivity index (χ2n) is 3.25. The van der Waals surface area contributed by atoms with Gasteiger partial charge in [0.25, 0.3) is 0 Å². The summed E-state index contributed by atoms with van der Waals surface area (Å²) in [7, 11) is 0. The molecule has 3 N–H and O–H groups in total. The molecule has 0 aromatic carbocycles. The van der Waals surface area contributed by atoms with Crippen LogP contribution in [0.5, 0.6) is 0 Å². The minimum Gasteiger partial charge on any atom is -0.352 e. The topological polar surface area (TPSA) is 55.1 Å². The van der Waals surface area contributed by atoms with Crippen LogP contribution in [0.1, 0.15) is 26.7 Å². The van der Waals surface area contributed by atoms with Crippen LogP contribution in [0, 0.1) is 0 Å². The highest BCUT2D eigenvalue weighted by atomic mass is 16.1. The molecule has 3 heteroatoms. The highest BCUT2D eigenvalue weighted by Crippen LogP contribution is 1.93. The molecule has 0 bridgehead atoms. The van der Waals surface area contributed by atoms with Crippen molar-refractivity contribution in [3.05, 3.63) is 12.2 Å². The van der Waals surface area contributed by atoms with E-state index in [0.29, 0.717) is 13.0 Å². The van der Waals surface area contributed by atoms with Gasteiger partial charge in [0.05, 0.1) is 0 Å². The van der Waals surface area contributed by atoms with Crippen molar-refractivity contribution in [2.24, 2.45) is 5.73 Å². The molecule has 0 aliphatic rings. The molecule has 0 aromatic rings. The summed E-state index contributed by atoms with van der Waals surface area (Å²) in [4.78, 5) is 11.0. The van der Waals surface area contributed by atoms with E-state index in [1.165, 1.54) is 0 Å². The van der Waals surface area contributed by atoms with Crippen molar-refractivity contribution in [1.29, 1.82) is 0 Å². The number of amides is 1. The summed E-state index contributed by atoms with van der Waals surface area (Å²) in [5.41, 5.74) is 6.46. The molecule has 0 rings (SSSR count). The third-order valence-corrected chi connectivity index (χ3v) is 1.41. The molecule has 12 heavy (non-hydrogen) atoms. The Morgan fingerprint density at radius 1 is 1.67 bits per heavy atom. The lowest BCUT2D eigenvalue weighted by atomic mass is 10.2. The Morgan fingerprint density at radius 2 is 2.25 bits per heavy atom. The summed E-state index contributed by atoms with van der Waals surface area (Å²) in [6, 6.07) is 0.0978. The molecule has 0 spiro atoms. The quantitative estimate of drug-likeness (QED) is 0.600. The average molecular weight is 170 g/mol. The van der Waals surface area contributed by atoms with Gasteiger partial charge in [0.1, 0.15) is 0 Å². The van der Waals surface area contributed by atoms with Crippen molar-refractivity contribution in [1.82, 2.24) is 5.32 Å². The van der Waals surface area contributed by atoms with E-state index >= 15 is 0 Å². The summed E-state index contributed by atoms with van der Waals surface area (Å²) >= 11 is 0. The highest BCUT2D eigenvalue weighted by molar-refractivity contribution is 5.76. The van der Waals surface area contributed by atoms with E-state index < -0.39 is 0 Å². The maximum Gasteiger partial charge on any atom is 0.220 e. The number of rotatable bonds is 5. The number of carbonyl (C=O) groups excluding carboxylic acids is 1. The molecule has 1 unspecified atom stereocenters. The first-order chi connectivity index (χ1) is 5.52. The zero-order chi connectivity index (χ0) is 9.56. The molecule has 1 atom stereocenters. The molecule has 0 aliphatic heterocycles. The van der Waals surface area contributed by atoms with Crippen LogP contribution in [0.15, 0.2) is 12.2 Å². The van der Waals surface area contributed by atoms with Crippen molar-refractivity contribution >= 4 is 5.91 Å². The van der Waals surface area contributed by atoms with E-state index in [1.54, 1.807) is 0 Å². The van der Waals surface area contributed by atoms with Crippen LogP contribution in [0.3, 0.4) is 0 Å². The van der Waals surface area contributed by atoms with Gasteiger partial charge in [0.2, 0.25) is 5.91 Å². The minimum absolute atomic E-state index is 0.0512. The number of carbonyl (C=O) groups is 1. The second-order valence-corrected chi connectivity index (χ2v) is 3.25. The summed E-state index contributed by atoms with van der Waals surface area (Å²) < 4.78 is 0. The molecule has 0 aliphatic carbocycles. The van der Waals surface area contributed by atoms with Crippen molar-refractivity contribution in [2.45, 2.75) is 32.7 Å². The van der Waals surface area contributed by atoms with Gasteiger partial charge in [-0.15, -0.1) is 0 Å². The van der Waals surface area contributed by atoms with Crippen molar-refractivity contribution in [2.75, 3.05) is 6.54 Å². The fraction of sp³-hybridized carbons (Fsp3) is 0.667. The average Bonchev–Trinajstić information content (AvgIpc) is 1.96. The zero-order valence-electron chi connectivity index (χ0n) is 7.89. The van der Waals surface area contributed by atoms with Crippen LogP contribution in [0.2, 0.25) is 0 Å². The molecule has 0 fully saturated rings. The largest absolute Gasteiger partial charge is 0.352 e. The van der Waals surface area contributed by atoms with Gasteiger partial charge < -0.3 is 11.1 Å². The van der Waals surface area contributed by atoms with Gasteiger partial charge >= 0.3 is 0 Å². The molecular formula is C9H18N2O. The van der Waals surface area contributed by atoms with Gasteiger partial charge in [0, 0.05) is 19.0 Å². The van der Waals surface area contributed by atoms with Crippen LogP contribution in [0.4, 0.5) is 0 Å². The number of nitrogens with two attached hydrogens (primary N) is 1. The lowest BCUT2D eigenvalue weighted by molar-refractivity contribution is -0.121. The Bertz CT molecular complexity index is 164. The molecule has 70 valence electrons. The Labute approximate surface area is 74.0 Å². The van der Waals surface area contributed by atoms with Gasteiger partial charge in [-0.05, 0) is 20.3 Å². The predicted molar refractivity (Wildman–Crippen MR) is 50.7 cm³/mol. The smallest absolute Gasteiger partial charge is 0.220 e. The lowest BCUT2D eigenvalue weighted by Gasteiger charge is -2.05. The molecule has 0 radical (unpaired) electrons. The van der Waals surface area contributed by atoms with Crippen molar-refractivity contribution < 1.29 is 4.79 Å². The molecular weight excluding hydrogens is 152 g/mol. The van der Waals surface area contributed by atoms with Crippen LogP contribution in [-0.4, -0.2) is 18.5 Å². The highest BCUT2D eigenvalue weighted by Gasteiger charge is 2.01. The normalized spacial score (nSPS) is 12.2. The summed E-state index contributed by atoms with van der Waals surface area (Å²) in [5.74, 6) is 0.0512. The fourth-order valence-corrected chi connectivity index (χ4v) is 0.697. The zero-order valence-corrected chi connectivity index (χ0v) is 7.89. The molecule has 3 nitrogen and oxygen atoms in total. The Hall–Kier alpha value is -0.830. The first kappa shape index (κ1) is 11.2. The van der Waals surface area contributed by atoms with Crippen LogP contribution in [0.25, 0.3) is 0 Å². The van der Waals surface area contributed by atoms with Crippen molar-refractivity contribution in [3.8, 4) is 0 Å². The Kier molecular flexibility index (Phi) is 5.37. The van der Waals surface area contributed by atoms with Crippen LogP contribution >= 0.6 is 0 Å². The molecule has 1 amide bonds. The monoisotopic (exact) mass is 170 g/mol. The van der Waals surface area contributed by atoms with Crippen molar-refractivity contribution in [3.63, 3.8) is 0 Å². The van der Waals surface area contributed by atoms with E-state index in [1.807, 2.05) is 13.8 Å². The summed E-state index contributed by atoms with van der Waals surface area (Å²) in [6.45, 7) is 8.03. The van der Waals surface area contributed by atoms with Crippen LogP contribution < -0.4 is 11.1 Å². The second kappa shape index (κ2) is 5.77. The van der Waals surface area contributed by atoms with E-state index in [-0.39, 0.29) is 11.9 Å². The van der Waals surface area contributed by atoms with Gasteiger partial charge in [-0.25, -0.2) is 0 Å². The van der Waals surface area contributed by atoms with Crippen LogP contribution in [-0.2, 0) is 4.79 Å². The molecule has 0 saturated heterocycles. The maximum atomic E-state index is 11.0.